The van der Waals surface area contributed by atoms with Crippen molar-refractivity contribution in [2.24, 2.45) is 0 Å². The normalized spacial score (nSPS) is 10.1. The first kappa shape index (κ1) is 9.99. The number of oxazole rings is 1. The zero-order valence-electron chi connectivity index (χ0n) is 8.42. The average molecular weight is 180 g/mol. The van der Waals surface area contributed by atoms with Crippen molar-refractivity contribution in [2.75, 3.05) is 6.54 Å². The summed E-state index contributed by atoms with van der Waals surface area (Å²) < 4.78 is 5.30. The van der Waals surface area contributed by atoms with Crippen LogP contribution in [0.3, 0.4) is 0 Å². The molecule has 3 nitrogen and oxygen atoms in total. The van der Waals surface area contributed by atoms with Gasteiger partial charge in [-0.1, -0.05) is 11.6 Å². The van der Waals surface area contributed by atoms with Gasteiger partial charge in [-0.25, -0.2) is 4.98 Å². The Morgan fingerprint density at radius 2 is 2.38 bits per heavy atom. The summed E-state index contributed by atoms with van der Waals surface area (Å²) >= 11 is 0. The van der Waals surface area contributed by atoms with Crippen molar-refractivity contribution in [3.05, 3.63) is 29.5 Å². The molecular weight excluding hydrogens is 164 g/mol. The van der Waals surface area contributed by atoms with Crippen LogP contribution in [0.5, 0.6) is 0 Å². The Balaban J connectivity index is 2.24. The number of aromatic nitrogens is 1. The molecule has 1 rings (SSSR count). The first-order valence-electron chi connectivity index (χ1n) is 4.44. The summed E-state index contributed by atoms with van der Waals surface area (Å²) in [4.78, 5) is 4.08. The van der Waals surface area contributed by atoms with Crippen LogP contribution in [-0.2, 0) is 6.54 Å². The van der Waals surface area contributed by atoms with Crippen molar-refractivity contribution in [1.29, 1.82) is 0 Å². The van der Waals surface area contributed by atoms with Crippen molar-refractivity contribution in [1.82, 2.24) is 10.3 Å². The first-order valence-corrected chi connectivity index (χ1v) is 4.44. The molecule has 0 saturated carbocycles. The van der Waals surface area contributed by atoms with E-state index in [1.54, 1.807) is 6.20 Å². The molecule has 0 saturated heterocycles. The monoisotopic (exact) mass is 180 g/mol. The van der Waals surface area contributed by atoms with Gasteiger partial charge in [0.2, 0.25) is 5.89 Å². The average Bonchev–Trinajstić information content (AvgIpc) is 2.45. The number of hydrogen-bond donors (Lipinski definition) is 1. The molecule has 0 atom stereocenters. The maximum Gasteiger partial charge on any atom is 0.208 e. The molecule has 0 bridgehead atoms. The molecule has 13 heavy (non-hydrogen) atoms. The van der Waals surface area contributed by atoms with E-state index in [-0.39, 0.29) is 0 Å². The molecule has 0 aromatic carbocycles. The molecule has 0 spiro atoms. The van der Waals surface area contributed by atoms with E-state index in [0.717, 1.165) is 18.2 Å². The van der Waals surface area contributed by atoms with Crippen LogP contribution in [-0.4, -0.2) is 11.5 Å². The lowest BCUT2D eigenvalue weighted by Crippen LogP contribution is -2.13. The first-order chi connectivity index (χ1) is 6.18. The van der Waals surface area contributed by atoms with Gasteiger partial charge in [-0.3, -0.25) is 0 Å². The highest BCUT2D eigenvalue weighted by Crippen LogP contribution is 2.00. The Morgan fingerprint density at radius 3 is 2.92 bits per heavy atom. The standard InChI is InChI=1S/C10H16N2O/c1-8(2)4-5-11-7-10-12-6-9(3)13-10/h4,6,11H,5,7H2,1-3H3. The molecule has 1 aromatic rings. The van der Waals surface area contributed by atoms with Gasteiger partial charge in [0.1, 0.15) is 5.76 Å². The molecule has 0 amide bonds. The fraction of sp³-hybridized carbons (Fsp3) is 0.500. The zero-order valence-corrected chi connectivity index (χ0v) is 8.42. The molecular formula is C10H16N2O. The summed E-state index contributed by atoms with van der Waals surface area (Å²) in [6, 6.07) is 0. The number of allylic oxidation sites excluding steroid dienone is 1. The third-order valence-electron chi connectivity index (χ3n) is 1.60. The molecule has 0 fully saturated rings. The minimum Gasteiger partial charge on any atom is -0.445 e. The van der Waals surface area contributed by atoms with Gasteiger partial charge in [-0.15, -0.1) is 0 Å². The fourth-order valence-electron chi connectivity index (χ4n) is 0.939. The lowest BCUT2D eigenvalue weighted by atomic mass is 10.3. The van der Waals surface area contributed by atoms with E-state index in [4.69, 9.17) is 4.42 Å². The minimum atomic E-state index is 0.692. The van der Waals surface area contributed by atoms with Crippen LogP contribution in [0.4, 0.5) is 0 Å². The van der Waals surface area contributed by atoms with Gasteiger partial charge in [0.15, 0.2) is 0 Å². The quantitative estimate of drug-likeness (QED) is 0.569. The second-order valence-electron chi connectivity index (χ2n) is 3.28. The summed E-state index contributed by atoms with van der Waals surface area (Å²) in [5.74, 6) is 1.61. The van der Waals surface area contributed by atoms with Gasteiger partial charge in [0.05, 0.1) is 12.7 Å². The maximum absolute atomic E-state index is 5.30. The van der Waals surface area contributed by atoms with Gasteiger partial charge >= 0.3 is 0 Å². The Bertz CT molecular complexity index is 285. The summed E-state index contributed by atoms with van der Waals surface area (Å²) in [7, 11) is 0. The van der Waals surface area contributed by atoms with Crippen LogP contribution in [0.2, 0.25) is 0 Å². The highest BCUT2D eigenvalue weighted by atomic mass is 16.4. The highest BCUT2D eigenvalue weighted by molar-refractivity contribution is 4.95. The van der Waals surface area contributed by atoms with Crippen molar-refractivity contribution < 1.29 is 4.42 Å². The van der Waals surface area contributed by atoms with Crippen LogP contribution in [0, 0.1) is 6.92 Å². The minimum absolute atomic E-state index is 0.692. The van der Waals surface area contributed by atoms with Crippen LogP contribution in [0.1, 0.15) is 25.5 Å². The van der Waals surface area contributed by atoms with E-state index in [9.17, 15) is 0 Å². The molecule has 1 aromatic heterocycles. The third-order valence-corrected chi connectivity index (χ3v) is 1.60. The SMILES string of the molecule is CC(C)=CCNCc1ncc(C)o1. The van der Waals surface area contributed by atoms with E-state index in [0.29, 0.717) is 6.54 Å². The van der Waals surface area contributed by atoms with Crippen LogP contribution in [0.15, 0.2) is 22.3 Å². The molecule has 3 heteroatoms. The number of nitrogens with zero attached hydrogens (tertiary/aromatic N) is 1. The van der Waals surface area contributed by atoms with Gasteiger partial charge < -0.3 is 9.73 Å². The number of rotatable bonds is 4. The van der Waals surface area contributed by atoms with Crippen LogP contribution in [0.25, 0.3) is 0 Å². The van der Waals surface area contributed by atoms with E-state index < -0.39 is 0 Å². The molecule has 0 aliphatic heterocycles. The number of aryl methyl sites for hydroxylation is 1. The Kier molecular flexibility index (Phi) is 3.71. The number of hydrogen-bond acceptors (Lipinski definition) is 3. The molecule has 0 aliphatic carbocycles. The molecule has 1 heterocycles. The van der Waals surface area contributed by atoms with Gasteiger partial charge in [-0.2, -0.15) is 0 Å². The van der Waals surface area contributed by atoms with E-state index in [1.807, 2.05) is 6.92 Å². The Labute approximate surface area is 78.9 Å². The predicted molar refractivity (Wildman–Crippen MR) is 52.4 cm³/mol. The maximum atomic E-state index is 5.30. The molecule has 1 N–H and O–H groups in total. The largest absolute Gasteiger partial charge is 0.445 e. The second kappa shape index (κ2) is 4.82. The van der Waals surface area contributed by atoms with Crippen LogP contribution >= 0.6 is 0 Å². The van der Waals surface area contributed by atoms with E-state index >= 15 is 0 Å². The molecule has 0 radical (unpaired) electrons. The second-order valence-corrected chi connectivity index (χ2v) is 3.28. The van der Waals surface area contributed by atoms with Crippen molar-refractivity contribution in [3.63, 3.8) is 0 Å². The summed E-state index contributed by atoms with van der Waals surface area (Å²) in [5, 5.41) is 3.21. The smallest absolute Gasteiger partial charge is 0.208 e. The highest BCUT2D eigenvalue weighted by Gasteiger charge is 1.97. The lowest BCUT2D eigenvalue weighted by molar-refractivity contribution is 0.455. The summed E-state index contributed by atoms with van der Waals surface area (Å²) in [6.45, 7) is 7.61. The number of nitrogens with one attached hydrogen (secondary N) is 1. The molecule has 0 unspecified atom stereocenters. The van der Waals surface area contributed by atoms with Gasteiger partial charge in [0, 0.05) is 6.54 Å². The van der Waals surface area contributed by atoms with Gasteiger partial charge in [0.25, 0.3) is 0 Å². The van der Waals surface area contributed by atoms with E-state index in [1.165, 1.54) is 5.57 Å². The summed E-state index contributed by atoms with van der Waals surface area (Å²) in [6.07, 6.45) is 3.87. The fourth-order valence-corrected chi connectivity index (χ4v) is 0.939. The molecule has 72 valence electrons. The Hall–Kier alpha value is -1.09. The lowest BCUT2D eigenvalue weighted by Gasteiger charge is -1.97. The topological polar surface area (TPSA) is 38.1 Å². The van der Waals surface area contributed by atoms with E-state index in [2.05, 4.69) is 30.2 Å². The van der Waals surface area contributed by atoms with Gasteiger partial charge in [-0.05, 0) is 20.8 Å². The van der Waals surface area contributed by atoms with Crippen molar-refractivity contribution >= 4 is 0 Å². The molecule has 0 aliphatic rings. The zero-order chi connectivity index (χ0) is 9.68. The Morgan fingerprint density at radius 1 is 1.62 bits per heavy atom. The predicted octanol–water partition coefficient (Wildman–Crippen LogP) is 2.04. The third kappa shape index (κ3) is 3.90. The van der Waals surface area contributed by atoms with Crippen molar-refractivity contribution in [2.45, 2.75) is 27.3 Å². The summed E-state index contributed by atoms with van der Waals surface area (Å²) in [5.41, 5.74) is 1.32. The van der Waals surface area contributed by atoms with Crippen LogP contribution < -0.4 is 5.32 Å². The van der Waals surface area contributed by atoms with Crippen molar-refractivity contribution in [3.8, 4) is 0 Å².